The van der Waals surface area contributed by atoms with E-state index < -0.39 is 0 Å². The quantitative estimate of drug-likeness (QED) is 0.789. The van der Waals surface area contributed by atoms with Crippen molar-refractivity contribution in [2.75, 3.05) is 13.2 Å². The van der Waals surface area contributed by atoms with E-state index in [1.54, 1.807) is 12.1 Å². The molecular formula is C20H24ClNO2. The van der Waals surface area contributed by atoms with Gasteiger partial charge in [0.15, 0.2) is 0 Å². The standard InChI is InChI=1S/C20H24ClNO2/c1-20(2,3)16-5-4-6-18(14-16)24-12-11-22-19(23)13-15-7-9-17(21)10-8-15/h4-10,14H,11-13H2,1-3H3,(H,22,23). The minimum absolute atomic E-state index is 0.0237. The Hall–Kier alpha value is -2.00. The molecule has 0 aromatic heterocycles. The maximum atomic E-state index is 11.9. The number of carbonyl (C=O) groups excluding carboxylic acids is 1. The predicted octanol–water partition coefficient (Wildman–Crippen LogP) is 4.38. The van der Waals surface area contributed by atoms with E-state index in [-0.39, 0.29) is 11.3 Å². The topological polar surface area (TPSA) is 38.3 Å². The second kappa shape index (κ2) is 8.20. The van der Waals surface area contributed by atoms with Gasteiger partial charge in [-0.25, -0.2) is 0 Å². The van der Waals surface area contributed by atoms with Gasteiger partial charge in [0.05, 0.1) is 13.0 Å². The Kier molecular flexibility index (Phi) is 6.27. The lowest BCUT2D eigenvalue weighted by Gasteiger charge is -2.19. The van der Waals surface area contributed by atoms with Crippen LogP contribution in [0, 0.1) is 0 Å². The molecule has 2 aromatic carbocycles. The molecule has 2 aromatic rings. The molecule has 0 heterocycles. The number of halogens is 1. The fourth-order valence-corrected chi connectivity index (χ4v) is 2.39. The summed E-state index contributed by atoms with van der Waals surface area (Å²) in [4.78, 5) is 11.9. The normalized spacial score (nSPS) is 11.2. The average molecular weight is 346 g/mol. The van der Waals surface area contributed by atoms with Gasteiger partial charge in [-0.2, -0.15) is 0 Å². The molecule has 128 valence electrons. The van der Waals surface area contributed by atoms with Crippen molar-refractivity contribution in [1.29, 1.82) is 0 Å². The highest BCUT2D eigenvalue weighted by atomic mass is 35.5. The average Bonchev–Trinajstić information content (AvgIpc) is 2.53. The van der Waals surface area contributed by atoms with Crippen LogP contribution in [0.3, 0.4) is 0 Å². The highest BCUT2D eigenvalue weighted by Gasteiger charge is 2.13. The van der Waals surface area contributed by atoms with Crippen LogP contribution in [0.4, 0.5) is 0 Å². The molecule has 0 saturated carbocycles. The molecule has 24 heavy (non-hydrogen) atoms. The molecule has 1 amide bonds. The zero-order valence-corrected chi connectivity index (χ0v) is 15.2. The van der Waals surface area contributed by atoms with E-state index in [4.69, 9.17) is 16.3 Å². The molecule has 0 spiro atoms. The Labute approximate surface area is 149 Å². The SMILES string of the molecule is CC(C)(C)c1cccc(OCCNC(=O)Cc2ccc(Cl)cc2)c1. The first-order valence-electron chi connectivity index (χ1n) is 8.09. The van der Waals surface area contributed by atoms with Crippen LogP contribution >= 0.6 is 11.6 Å². The van der Waals surface area contributed by atoms with Crippen LogP contribution in [-0.4, -0.2) is 19.1 Å². The van der Waals surface area contributed by atoms with Crippen LogP contribution in [0.15, 0.2) is 48.5 Å². The third kappa shape index (κ3) is 5.89. The summed E-state index contributed by atoms with van der Waals surface area (Å²) in [7, 11) is 0. The van der Waals surface area contributed by atoms with Crippen molar-refractivity contribution < 1.29 is 9.53 Å². The van der Waals surface area contributed by atoms with E-state index in [0.717, 1.165) is 11.3 Å². The van der Waals surface area contributed by atoms with Gasteiger partial charge in [0.25, 0.3) is 0 Å². The van der Waals surface area contributed by atoms with E-state index in [9.17, 15) is 4.79 Å². The maximum Gasteiger partial charge on any atom is 0.224 e. The van der Waals surface area contributed by atoms with Gasteiger partial charge < -0.3 is 10.1 Å². The van der Waals surface area contributed by atoms with E-state index >= 15 is 0 Å². The number of amides is 1. The lowest BCUT2D eigenvalue weighted by molar-refractivity contribution is -0.120. The molecule has 0 aliphatic rings. The third-order valence-corrected chi connectivity index (χ3v) is 3.92. The van der Waals surface area contributed by atoms with Crippen LogP contribution < -0.4 is 10.1 Å². The molecule has 3 nitrogen and oxygen atoms in total. The number of hydrogen-bond donors (Lipinski definition) is 1. The van der Waals surface area contributed by atoms with Crippen LogP contribution in [0.1, 0.15) is 31.9 Å². The first kappa shape index (κ1) is 18.3. The van der Waals surface area contributed by atoms with Gasteiger partial charge in [-0.3, -0.25) is 4.79 Å². The summed E-state index contributed by atoms with van der Waals surface area (Å²) in [6.45, 7) is 7.43. The zero-order valence-electron chi connectivity index (χ0n) is 14.4. The van der Waals surface area contributed by atoms with Crippen molar-refractivity contribution in [3.63, 3.8) is 0 Å². The molecule has 1 N–H and O–H groups in total. The Bertz CT molecular complexity index is 675. The number of benzene rings is 2. The molecule has 0 saturated heterocycles. The van der Waals surface area contributed by atoms with E-state index in [1.165, 1.54) is 5.56 Å². The molecule has 4 heteroatoms. The predicted molar refractivity (Wildman–Crippen MR) is 98.8 cm³/mol. The fourth-order valence-electron chi connectivity index (χ4n) is 2.26. The Morgan fingerprint density at radius 2 is 1.83 bits per heavy atom. The smallest absolute Gasteiger partial charge is 0.224 e. The van der Waals surface area contributed by atoms with E-state index in [1.807, 2.05) is 24.3 Å². The largest absolute Gasteiger partial charge is 0.492 e. The van der Waals surface area contributed by atoms with Gasteiger partial charge >= 0.3 is 0 Å². The summed E-state index contributed by atoms with van der Waals surface area (Å²) >= 11 is 5.83. The van der Waals surface area contributed by atoms with Crippen molar-refractivity contribution in [3.8, 4) is 5.75 Å². The molecule has 0 unspecified atom stereocenters. The highest BCUT2D eigenvalue weighted by Crippen LogP contribution is 2.25. The third-order valence-electron chi connectivity index (χ3n) is 3.67. The van der Waals surface area contributed by atoms with Crippen LogP contribution in [-0.2, 0) is 16.6 Å². The number of nitrogens with one attached hydrogen (secondary N) is 1. The summed E-state index contributed by atoms with van der Waals surface area (Å²) in [5.41, 5.74) is 2.26. The minimum atomic E-state index is -0.0237. The van der Waals surface area contributed by atoms with Crippen LogP contribution in [0.5, 0.6) is 5.75 Å². The van der Waals surface area contributed by atoms with Crippen molar-refractivity contribution in [2.45, 2.75) is 32.6 Å². The molecule has 0 radical (unpaired) electrons. The Morgan fingerprint density at radius 3 is 2.50 bits per heavy atom. The van der Waals surface area contributed by atoms with Gasteiger partial charge in [0, 0.05) is 5.02 Å². The number of hydrogen-bond acceptors (Lipinski definition) is 2. The molecule has 0 fully saturated rings. The molecule has 0 bridgehead atoms. The highest BCUT2D eigenvalue weighted by molar-refractivity contribution is 6.30. The maximum absolute atomic E-state index is 11.9. The summed E-state index contributed by atoms with van der Waals surface area (Å²) in [5, 5.41) is 3.54. The van der Waals surface area contributed by atoms with Crippen LogP contribution in [0.25, 0.3) is 0 Å². The van der Waals surface area contributed by atoms with Gasteiger partial charge in [-0.15, -0.1) is 0 Å². The summed E-state index contributed by atoms with van der Waals surface area (Å²) in [5.74, 6) is 0.804. The molecule has 0 aliphatic heterocycles. The Morgan fingerprint density at radius 1 is 1.12 bits per heavy atom. The molecule has 2 rings (SSSR count). The molecule has 0 aliphatic carbocycles. The summed E-state index contributed by atoms with van der Waals surface area (Å²) in [6.07, 6.45) is 0.344. The first-order chi connectivity index (χ1) is 11.3. The van der Waals surface area contributed by atoms with Crippen LogP contribution in [0.2, 0.25) is 5.02 Å². The number of rotatable bonds is 6. The van der Waals surface area contributed by atoms with Gasteiger partial charge in [0.1, 0.15) is 12.4 Å². The second-order valence-corrected chi connectivity index (χ2v) is 7.22. The van der Waals surface area contributed by atoms with Crippen molar-refractivity contribution in [2.24, 2.45) is 0 Å². The number of carbonyl (C=O) groups is 1. The monoisotopic (exact) mass is 345 g/mol. The molecular weight excluding hydrogens is 322 g/mol. The van der Waals surface area contributed by atoms with Crippen molar-refractivity contribution in [1.82, 2.24) is 5.32 Å². The second-order valence-electron chi connectivity index (χ2n) is 6.78. The van der Waals surface area contributed by atoms with Gasteiger partial charge in [-0.05, 0) is 40.8 Å². The van der Waals surface area contributed by atoms with Crippen molar-refractivity contribution >= 4 is 17.5 Å². The van der Waals surface area contributed by atoms with E-state index in [2.05, 4.69) is 38.2 Å². The lowest BCUT2D eigenvalue weighted by atomic mass is 9.87. The lowest BCUT2D eigenvalue weighted by Crippen LogP contribution is -2.29. The molecule has 0 atom stereocenters. The minimum Gasteiger partial charge on any atom is -0.492 e. The number of ether oxygens (including phenoxy) is 1. The van der Waals surface area contributed by atoms with E-state index in [0.29, 0.717) is 24.6 Å². The first-order valence-corrected chi connectivity index (χ1v) is 8.47. The summed E-state index contributed by atoms with van der Waals surface area (Å²) < 4.78 is 5.73. The zero-order chi connectivity index (χ0) is 17.6. The summed E-state index contributed by atoms with van der Waals surface area (Å²) in [6, 6.07) is 15.4. The van der Waals surface area contributed by atoms with Crippen molar-refractivity contribution in [3.05, 3.63) is 64.7 Å². The van der Waals surface area contributed by atoms with Gasteiger partial charge in [-0.1, -0.05) is 56.6 Å². The Balaban J connectivity index is 1.74. The fraction of sp³-hybridized carbons (Fsp3) is 0.350. The van der Waals surface area contributed by atoms with Gasteiger partial charge in [0.2, 0.25) is 5.91 Å².